The Balaban J connectivity index is -0.000000988. The third-order valence-electron chi connectivity index (χ3n) is 3.89. The second-order valence-electron chi connectivity index (χ2n) is 6.02. The lowest BCUT2D eigenvalue weighted by molar-refractivity contribution is -0.135. The molecule has 0 heterocycles. The highest BCUT2D eigenvalue weighted by Crippen LogP contribution is 2.32. The zero-order chi connectivity index (χ0) is 26.6. The summed E-state index contributed by atoms with van der Waals surface area (Å²) >= 11 is 0. The quantitative estimate of drug-likeness (QED) is 0.138. The number of nitrogens with two attached hydrogens (primary N) is 2. The fraction of sp³-hybridized carbons (Fsp3) is 0.333. The predicted molar refractivity (Wildman–Crippen MR) is 145 cm³/mol. The molecular formula is C27H41N3O3. The summed E-state index contributed by atoms with van der Waals surface area (Å²) in [6.07, 6.45) is 10.8. The van der Waals surface area contributed by atoms with Gasteiger partial charge in [-0.1, -0.05) is 56.2 Å². The number of hydrogen-bond donors (Lipinski definition) is 3. The lowest BCUT2D eigenvalue weighted by atomic mass is 9.90. The van der Waals surface area contributed by atoms with E-state index in [2.05, 4.69) is 28.0 Å². The predicted octanol–water partition coefficient (Wildman–Crippen LogP) is 5.37. The normalized spacial score (nSPS) is 11.3. The summed E-state index contributed by atoms with van der Waals surface area (Å²) in [5, 5.41) is 10.6. The molecule has 0 amide bonds. The number of aliphatic hydroxyl groups is 1. The molecule has 6 heteroatoms. The van der Waals surface area contributed by atoms with Gasteiger partial charge in [-0.2, -0.15) is 0 Å². The first-order valence-electron chi connectivity index (χ1n) is 10.5. The number of terminal acetylenes is 1. The number of benzene rings is 1. The van der Waals surface area contributed by atoms with E-state index in [-0.39, 0.29) is 11.3 Å². The molecule has 1 aromatic carbocycles. The third-order valence-corrected chi connectivity index (χ3v) is 3.89. The average molecular weight is 456 g/mol. The van der Waals surface area contributed by atoms with Crippen LogP contribution in [0, 0.1) is 12.3 Å². The van der Waals surface area contributed by atoms with E-state index in [9.17, 15) is 9.90 Å². The molecule has 0 aliphatic heterocycles. The molecule has 6 nitrogen and oxygen atoms in total. The number of nitrogens with zero attached hydrogens (tertiary/aromatic N) is 1. The number of aliphatic hydroxyl groups excluding tert-OH is 1. The number of ether oxygens (including phenoxy) is 1. The van der Waals surface area contributed by atoms with Crippen molar-refractivity contribution in [2.45, 2.75) is 41.5 Å². The maximum atomic E-state index is 11.8. The Morgan fingerprint density at radius 1 is 1.21 bits per heavy atom. The smallest absolute Gasteiger partial charge is 0.350 e. The van der Waals surface area contributed by atoms with E-state index < -0.39 is 5.97 Å². The molecule has 0 bridgehead atoms. The Morgan fingerprint density at radius 3 is 2.06 bits per heavy atom. The van der Waals surface area contributed by atoms with E-state index in [0.29, 0.717) is 22.4 Å². The van der Waals surface area contributed by atoms with E-state index in [1.165, 1.54) is 14.2 Å². The van der Waals surface area contributed by atoms with Gasteiger partial charge in [0.15, 0.2) is 5.57 Å². The minimum atomic E-state index is -0.778. The molecule has 0 radical (unpaired) electrons. The Bertz CT molecular complexity index is 911. The number of aliphatic imine (C=N–C) groups is 1. The molecule has 1 rings (SSSR count). The maximum Gasteiger partial charge on any atom is 0.350 e. The number of methoxy groups -OCH3 is 1. The molecule has 0 aliphatic rings. The van der Waals surface area contributed by atoms with Crippen LogP contribution in [0.2, 0.25) is 0 Å². The lowest BCUT2D eigenvalue weighted by Crippen LogP contribution is -2.09. The summed E-state index contributed by atoms with van der Waals surface area (Å²) in [6.45, 7) is 15.3. The first-order chi connectivity index (χ1) is 15.7. The SMILES string of the molecule is C#C/C(C(=O)OC)=C(/O)c1cccc(/C(N)=C/C(=C)C)c1/C(C)=C\C.CC.CC=NC.CN. The molecule has 1 aromatic rings. The van der Waals surface area contributed by atoms with Crippen LogP contribution < -0.4 is 11.5 Å². The Morgan fingerprint density at radius 2 is 1.70 bits per heavy atom. The summed E-state index contributed by atoms with van der Waals surface area (Å²) in [5.74, 6) is 1.09. The summed E-state index contributed by atoms with van der Waals surface area (Å²) in [4.78, 5) is 15.4. The number of rotatable bonds is 5. The van der Waals surface area contributed by atoms with Gasteiger partial charge in [0, 0.05) is 23.9 Å². The molecule has 5 N–H and O–H groups in total. The van der Waals surface area contributed by atoms with E-state index >= 15 is 0 Å². The van der Waals surface area contributed by atoms with Crippen molar-refractivity contribution in [2.24, 2.45) is 16.5 Å². The Kier molecular flexibility index (Phi) is 21.0. The van der Waals surface area contributed by atoms with Crippen molar-refractivity contribution in [1.29, 1.82) is 0 Å². The van der Waals surface area contributed by atoms with Crippen LogP contribution in [0.3, 0.4) is 0 Å². The fourth-order valence-electron chi connectivity index (χ4n) is 2.36. The first-order valence-corrected chi connectivity index (χ1v) is 10.5. The first kappa shape index (κ1) is 34.1. The van der Waals surface area contributed by atoms with Crippen LogP contribution in [-0.4, -0.2) is 38.5 Å². The Hall–Kier alpha value is -3.56. The minimum absolute atomic E-state index is 0.243. The van der Waals surface area contributed by atoms with Crippen molar-refractivity contribution < 1.29 is 14.6 Å². The highest BCUT2D eigenvalue weighted by Gasteiger charge is 2.20. The van der Waals surface area contributed by atoms with Crippen molar-refractivity contribution in [2.75, 3.05) is 21.2 Å². The monoisotopic (exact) mass is 455 g/mol. The fourth-order valence-corrected chi connectivity index (χ4v) is 2.36. The summed E-state index contributed by atoms with van der Waals surface area (Å²) in [7, 11) is 4.45. The van der Waals surface area contributed by atoms with E-state index in [0.717, 1.165) is 11.1 Å². The number of carbonyl (C=O) groups is 1. The van der Waals surface area contributed by atoms with Crippen LogP contribution in [0.4, 0.5) is 0 Å². The van der Waals surface area contributed by atoms with Gasteiger partial charge in [0.2, 0.25) is 0 Å². The van der Waals surface area contributed by atoms with Crippen LogP contribution in [-0.2, 0) is 9.53 Å². The Labute approximate surface area is 200 Å². The topological polar surface area (TPSA) is 111 Å². The molecule has 0 aromatic heterocycles. The molecule has 0 saturated heterocycles. The van der Waals surface area contributed by atoms with Crippen LogP contribution >= 0.6 is 0 Å². The van der Waals surface area contributed by atoms with Crippen molar-refractivity contribution >= 4 is 29.2 Å². The number of allylic oxidation sites excluding steroid dienone is 4. The van der Waals surface area contributed by atoms with Gasteiger partial charge in [-0.3, -0.25) is 0 Å². The molecule has 0 atom stereocenters. The zero-order valence-corrected chi connectivity index (χ0v) is 21.6. The summed E-state index contributed by atoms with van der Waals surface area (Å²) in [6, 6.07) is 5.24. The lowest BCUT2D eigenvalue weighted by Gasteiger charge is -2.16. The molecule has 0 unspecified atom stereocenters. The average Bonchev–Trinajstić information content (AvgIpc) is 2.85. The van der Waals surface area contributed by atoms with E-state index in [4.69, 9.17) is 12.2 Å². The van der Waals surface area contributed by atoms with Gasteiger partial charge in [0.05, 0.1) is 7.11 Å². The van der Waals surface area contributed by atoms with Crippen molar-refractivity contribution in [1.82, 2.24) is 0 Å². The standard InChI is InChI=1S/C21H23NO3.C3H7N.C2H6.CH5N/c1-7-14(5)19-16(18(22)12-13(3)4)10-9-11-17(19)20(23)15(8-2)21(24)25-6;1-3-4-2;2*1-2/h2,7,9-12,23H,3,22H2,1,4-6H3;3H,1-2H3;1-2H3;2H2,1H3/b14-7-,18-12-,20-15-;;;. The van der Waals surface area contributed by atoms with Crippen molar-refractivity contribution in [3.63, 3.8) is 0 Å². The molecule has 0 aliphatic carbocycles. The van der Waals surface area contributed by atoms with Gasteiger partial charge < -0.3 is 26.3 Å². The summed E-state index contributed by atoms with van der Waals surface area (Å²) < 4.78 is 4.64. The van der Waals surface area contributed by atoms with Crippen LogP contribution in [0.5, 0.6) is 0 Å². The molecule has 0 fully saturated rings. The van der Waals surface area contributed by atoms with Gasteiger partial charge in [0.1, 0.15) is 5.76 Å². The van der Waals surface area contributed by atoms with Gasteiger partial charge in [-0.25, -0.2) is 4.79 Å². The molecule has 33 heavy (non-hydrogen) atoms. The van der Waals surface area contributed by atoms with E-state index in [1.54, 1.807) is 31.5 Å². The minimum Gasteiger partial charge on any atom is -0.506 e. The third kappa shape index (κ3) is 11.6. The molecular weight excluding hydrogens is 414 g/mol. The van der Waals surface area contributed by atoms with Gasteiger partial charge in [-0.15, -0.1) is 6.42 Å². The van der Waals surface area contributed by atoms with Crippen molar-refractivity contribution in [3.8, 4) is 12.3 Å². The second-order valence-corrected chi connectivity index (χ2v) is 6.02. The van der Waals surface area contributed by atoms with Gasteiger partial charge >= 0.3 is 5.97 Å². The zero-order valence-electron chi connectivity index (χ0n) is 21.6. The number of carbonyl (C=O) groups excluding carboxylic acids is 1. The maximum absolute atomic E-state index is 11.8. The second kappa shape index (κ2) is 20.3. The van der Waals surface area contributed by atoms with Crippen LogP contribution in [0.1, 0.15) is 58.2 Å². The molecule has 0 saturated carbocycles. The van der Waals surface area contributed by atoms with E-state index in [1.807, 2.05) is 53.7 Å². The number of hydrogen-bond acceptors (Lipinski definition) is 6. The highest BCUT2D eigenvalue weighted by atomic mass is 16.5. The summed E-state index contributed by atoms with van der Waals surface area (Å²) in [5.41, 5.74) is 14.4. The van der Waals surface area contributed by atoms with Crippen molar-refractivity contribution in [3.05, 3.63) is 64.8 Å². The highest BCUT2D eigenvalue weighted by molar-refractivity contribution is 6.02. The van der Waals surface area contributed by atoms with Gasteiger partial charge in [0.25, 0.3) is 0 Å². The van der Waals surface area contributed by atoms with Crippen LogP contribution in [0.15, 0.2) is 53.1 Å². The van der Waals surface area contributed by atoms with Crippen LogP contribution in [0.25, 0.3) is 17.0 Å². The molecule has 182 valence electrons. The largest absolute Gasteiger partial charge is 0.506 e. The van der Waals surface area contributed by atoms with Gasteiger partial charge in [-0.05, 0) is 58.2 Å². The number of esters is 1. The molecule has 0 spiro atoms.